The maximum atomic E-state index is 13.1. The molecule has 3 rings (SSSR count). The maximum Gasteiger partial charge on any atom is 0.331 e. The molecule has 0 amide bonds. The minimum atomic E-state index is -3.80. The van der Waals surface area contributed by atoms with E-state index in [4.69, 9.17) is 14.2 Å². The van der Waals surface area contributed by atoms with E-state index in [0.717, 1.165) is 18.1 Å². The van der Waals surface area contributed by atoms with Gasteiger partial charge in [0.25, 0.3) is 0 Å². The molecule has 9 heteroatoms. The molecule has 182 valence electrons. The average molecular weight is 488 g/mol. The van der Waals surface area contributed by atoms with E-state index >= 15 is 0 Å². The molecular weight excluding hydrogens is 458 g/mol. The molecule has 1 fully saturated rings. The lowest BCUT2D eigenvalue weighted by atomic mass is 10.0. The molecule has 1 heterocycles. The molecule has 1 aliphatic rings. The third kappa shape index (κ3) is 6.11. The molecule has 0 aliphatic carbocycles. The molecule has 1 aliphatic heterocycles. The van der Waals surface area contributed by atoms with Crippen molar-refractivity contribution >= 4 is 27.9 Å². The SMILES string of the molecule is CCc1ccc(C(=O)C(C)OC(=O)C=Cc2ccc(OC)c(S(=O)(=O)N3CCOCC3)c2)cc1. The average Bonchev–Trinajstić information content (AvgIpc) is 2.87. The summed E-state index contributed by atoms with van der Waals surface area (Å²) in [5.74, 6) is -0.799. The van der Waals surface area contributed by atoms with E-state index in [1.54, 1.807) is 18.2 Å². The summed E-state index contributed by atoms with van der Waals surface area (Å²) in [5.41, 5.74) is 2.05. The van der Waals surface area contributed by atoms with Crippen LogP contribution in [0.4, 0.5) is 0 Å². The number of esters is 1. The van der Waals surface area contributed by atoms with Crippen molar-refractivity contribution in [1.82, 2.24) is 4.31 Å². The molecule has 0 radical (unpaired) electrons. The fraction of sp³-hybridized carbons (Fsp3) is 0.360. The Labute approximate surface area is 200 Å². The summed E-state index contributed by atoms with van der Waals surface area (Å²) in [6, 6.07) is 11.8. The lowest BCUT2D eigenvalue weighted by Crippen LogP contribution is -2.40. The highest BCUT2D eigenvalue weighted by Gasteiger charge is 2.29. The van der Waals surface area contributed by atoms with Gasteiger partial charge in [0.1, 0.15) is 10.6 Å². The van der Waals surface area contributed by atoms with Crippen LogP contribution in [0.15, 0.2) is 53.4 Å². The molecule has 1 saturated heterocycles. The van der Waals surface area contributed by atoms with Crippen LogP contribution in [0, 0.1) is 0 Å². The first-order valence-corrected chi connectivity index (χ1v) is 12.5. The molecule has 1 atom stereocenters. The number of hydrogen-bond acceptors (Lipinski definition) is 7. The fourth-order valence-electron chi connectivity index (χ4n) is 3.50. The summed E-state index contributed by atoms with van der Waals surface area (Å²) in [6.07, 6.45) is 2.51. The number of morpholine rings is 1. The number of methoxy groups -OCH3 is 1. The Balaban J connectivity index is 1.71. The van der Waals surface area contributed by atoms with Crippen molar-refractivity contribution in [2.75, 3.05) is 33.4 Å². The summed E-state index contributed by atoms with van der Waals surface area (Å²) in [5, 5.41) is 0. The molecule has 0 aromatic heterocycles. The normalized spacial score (nSPS) is 15.7. The van der Waals surface area contributed by atoms with Gasteiger partial charge in [0.2, 0.25) is 15.8 Å². The van der Waals surface area contributed by atoms with Crippen molar-refractivity contribution < 1.29 is 32.2 Å². The highest BCUT2D eigenvalue weighted by Crippen LogP contribution is 2.29. The van der Waals surface area contributed by atoms with E-state index in [1.165, 1.54) is 36.5 Å². The van der Waals surface area contributed by atoms with Gasteiger partial charge in [-0.15, -0.1) is 0 Å². The van der Waals surface area contributed by atoms with Crippen LogP contribution in [0.5, 0.6) is 5.75 Å². The topological polar surface area (TPSA) is 99.2 Å². The van der Waals surface area contributed by atoms with Gasteiger partial charge >= 0.3 is 5.97 Å². The molecule has 34 heavy (non-hydrogen) atoms. The number of ether oxygens (including phenoxy) is 3. The van der Waals surface area contributed by atoms with Gasteiger partial charge in [-0.2, -0.15) is 4.31 Å². The first kappa shape index (κ1) is 25.6. The van der Waals surface area contributed by atoms with Crippen molar-refractivity contribution in [2.24, 2.45) is 0 Å². The molecule has 0 bridgehead atoms. The Morgan fingerprint density at radius 3 is 2.41 bits per heavy atom. The Kier molecular flexibility index (Phi) is 8.60. The van der Waals surface area contributed by atoms with Gasteiger partial charge in [-0.05, 0) is 42.7 Å². The summed E-state index contributed by atoms with van der Waals surface area (Å²) in [6.45, 7) is 4.70. The van der Waals surface area contributed by atoms with E-state index < -0.39 is 22.1 Å². The second-order valence-corrected chi connectivity index (χ2v) is 9.66. The standard InChI is InChI=1S/C25H29NO7S/c1-4-19-5-9-21(10-6-19)25(28)18(2)33-24(27)12-8-20-7-11-22(31-3)23(17-20)34(29,30)26-13-15-32-16-14-26/h5-12,17-18H,4,13-16H2,1-3H3. The zero-order chi connectivity index (χ0) is 24.7. The first-order chi connectivity index (χ1) is 16.3. The van der Waals surface area contributed by atoms with Gasteiger partial charge in [-0.25, -0.2) is 13.2 Å². The predicted molar refractivity (Wildman–Crippen MR) is 127 cm³/mol. The van der Waals surface area contributed by atoms with Crippen LogP contribution in [0.3, 0.4) is 0 Å². The van der Waals surface area contributed by atoms with E-state index in [1.807, 2.05) is 19.1 Å². The summed E-state index contributed by atoms with van der Waals surface area (Å²) >= 11 is 0. The number of aryl methyl sites for hydroxylation is 1. The highest BCUT2D eigenvalue weighted by molar-refractivity contribution is 7.89. The fourth-order valence-corrected chi connectivity index (χ4v) is 5.09. The van der Waals surface area contributed by atoms with Crippen molar-refractivity contribution in [3.05, 3.63) is 65.2 Å². The maximum absolute atomic E-state index is 13.1. The van der Waals surface area contributed by atoms with Crippen LogP contribution in [0.2, 0.25) is 0 Å². The van der Waals surface area contributed by atoms with Crippen LogP contribution in [-0.4, -0.2) is 64.0 Å². The second kappa shape index (κ2) is 11.4. The Hall–Kier alpha value is -3.01. The van der Waals surface area contributed by atoms with Crippen molar-refractivity contribution in [3.63, 3.8) is 0 Å². The van der Waals surface area contributed by atoms with Crippen LogP contribution >= 0.6 is 0 Å². The lowest BCUT2D eigenvalue weighted by molar-refractivity contribution is -0.140. The molecule has 0 N–H and O–H groups in total. The molecule has 2 aromatic rings. The Bertz CT molecular complexity index is 1150. The second-order valence-electron chi connectivity index (χ2n) is 7.75. The number of hydrogen-bond donors (Lipinski definition) is 0. The summed E-state index contributed by atoms with van der Waals surface area (Å²) in [7, 11) is -2.40. The lowest BCUT2D eigenvalue weighted by Gasteiger charge is -2.26. The molecule has 0 saturated carbocycles. The number of nitrogens with zero attached hydrogens (tertiary/aromatic N) is 1. The Morgan fingerprint density at radius 2 is 1.79 bits per heavy atom. The third-order valence-electron chi connectivity index (χ3n) is 5.50. The van der Waals surface area contributed by atoms with Gasteiger partial charge < -0.3 is 14.2 Å². The van der Waals surface area contributed by atoms with Crippen molar-refractivity contribution in [1.29, 1.82) is 0 Å². The van der Waals surface area contributed by atoms with Crippen molar-refractivity contribution in [2.45, 2.75) is 31.3 Å². The van der Waals surface area contributed by atoms with Crippen LogP contribution < -0.4 is 4.74 Å². The van der Waals surface area contributed by atoms with E-state index in [0.29, 0.717) is 24.3 Å². The smallest absolute Gasteiger partial charge is 0.331 e. The number of benzene rings is 2. The quantitative estimate of drug-likeness (QED) is 0.304. The van der Waals surface area contributed by atoms with Gasteiger partial charge in [0.05, 0.1) is 20.3 Å². The summed E-state index contributed by atoms with van der Waals surface area (Å²) < 4.78 is 43.3. The molecule has 0 spiro atoms. The van der Waals surface area contributed by atoms with E-state index in [-0.39, 0.29) is 29.5 Å². The van der Waals surface area contributed by atoms with Crippen LogP contribution in [-0.2, 0) is 30.7 Å². The van der Waals surface area contributed by atoms with Gasteiger partial charge in [-0.3, -0.25) is 4.79 Å². The van der Waals surface area contributed by atoms with E-state index in [2.05, 4.69) is 0 Å². The first-order valence-electron chi connectivity index (χ1n) is 11.0. The number of carbonyl (C=O) groups excluding carboxylic acids is 2. The molecule has 1 unspecified atom stereocenters. The van der Waals surface area contributed by atoms with Gasteiger partial charge in [0, 0.05) is 24.7 Å². The van der Waals surface area contributed by atoms with Gasteiger partial charge in [-0.1, -0.05) is 37.3 Å². The zero-order valence-electron chi connectivity index (χ0n) is 19.5. The summed E-state index contributed by atoms with van der Waals surface area (Å²) in [4.78, 5) is 24.8. The molecular formula is C25H29NO7S. The largest absolute Gasteiger partial charge is 0.495 e. The molecule has 2 aromatic carbocycles. The Morgan fingerprint density at radius 1 is 1.12 bits per heavy atom. The minimum absolute atomic E-state index is 0.00601. The predicted octanol–water partition coefficient (Wildman–Crippen LogP) is 3.11. The third-order valence-corrected chi connectivity index (χ3v) is 7.42. The number of carbonyl (C=O) groups is 2. The zero-order valence-corrected chi connectivity index (χ0v) is 20.3. The number of rotatable bonds is 9. The van der Waals surface area contributed by atoms with Crippen LogP contribution in [0.1, 0.15) is 35.3 Å². The van der Waals surface area contributed by atoms with Crippen molar-refractivity contribution in [3.8, 4) is 5.75 Å². The van der Waals surface area contributed by atoms with Crippen LogP contribution in [0.25, 0.3) is 6.08 Å². The number of Topliss-reactive ketones (excluding diaryl/α,β-unsaturated/α-hetero) is 1. The highest BCUT2D eigenvalue weighted by atomic mass is 32.2. The van der Waals surface area contributed by atoms with Gasteiger partial charge in [0.15, 0.2) is 6.10 Å². The van der Waals surface area contributed by atoms with E-state index in [9.17, 15) is 18.0 Å². The number of sulfonamides is 1. The monoisotopic (exact) mass is 487 g/mol. The minimum Gasteiger partial charge on any atom is -0.495 e. The number of ketones is 1. The molecule has 8 nitrogen and oxygen atoms in total.